The number of carbonyl (C=O) groups is 2. The number of aryl methyl sites for hydroxylation is 1. The van der Waals surface area contributed by atoms with E-state index in [2.05, 4.69) is 5.32 Å². The second-order valence-electron chi connectivity index (χ2n) is 8.74. The van der Waals surface area contributed by atoms with E-state index in [4.69, 9.17) is 15.2 Å². The van der Waals surface area contributed by atoms with E-state index in [-0.39, 0.29) is 24.9 Å². The van der Waals surface area contributed by atoms with Crippen LogP contribution in [0.4, 0.5) is 10.5 Å². The first-order valence-electron chi connectivity index (χ1n) is 9.31. The standard InChI is InChI=1S/C21H34N2O4/c1-14(2)12-26-18(24)11-21(7,13-23-19(25)27-20(4,5)6)17-9-8-16(22)10-15(17)3/h8-10,14H,11-13,22H2,1-7H3,(H,23,25). The van der Waals surface area contributed by atoms with Crippen LogP contribution < -0.4 is 11.1 Å². The van der Waals surface area contributed by atoms with Crippen molar-refractivity contribution in [2.24, 2.45) is 5.92 Å². The van der Waals surface area contributed by atoms with Crippen LogP contribution >= 0.6 is 0 Å². The van der Waals surface area contributed by atoms with Gasteiger partial charge >= 0.3 is 12.1 Å². The van der Waals surface area contributed by atoms with Crippen LogP contribution in [0.25, 0.3) is 0 Å². The lowest BCUT2D eigenvalue weighted by Gasteiger charge is -2.32. The van der Waals surface area contributed by atoms with Gasteiger partial charge in [0.1, 0.15) is 5.60 Å². The van der Waals surface area contributed by atoms with Gasteiger partial charge in [0.15, 0.2) is 0 Å². The number of alkyl carbamates (subject to hydrolysis) is 1. The highest BCUT2D eigenvalue weighted by Gasteiger charge is 2.33. The Hall–Kier alpha value is -2.24. The van der Waals surface area contributed by atoms with E-state index in [9.17, 15) is 9.59 Å². The van der Waals surface area contributed by atoms with Crippen molar-refractivity contribution in [3.05, 3.63) is 29.3 Å². The lowest BCUT2D eigenvalue weighted by molar-refractivity contribution is -0.146. The van der Waals surface area contributed by atoms with Crippen molar-refractivity contribution >= 4 is 17.7 Å². The molecule has 0 heterocycles. The Morgan fingerprint density at radius 1 is 1.19 bits per heavy atom. The lowest BCUT2D eigenvalue weighted by Crippen LogP contribution is -2.43. The van der Waals surface area contributed by atoms with Crippen LogP contribution in [0, 0.1) is 12.8 Å². The molecular formula is C21H34N2O4. The van der Waals surface area contributed by atoms with E-state index in [1.54, 1.807) is 26.8 Å². The largest absolute Gasteiger partial charge is 0.465 e. The quantitative estimate of drug-likeness (QED) is 0.554. The van der Waals surface area contributed by atoms with Crippen LogP contribution in [-0.4, -0.2) is 30.8 Å². The molecule has 0 aliphatic heterocycles. The third-order valence-electron chi connectivity index (χ3n) is 4.03. The molecule has 0 fully saturated rings. The first-order valence-corrected chi connectivity index (χ1v) is 9.31. The third kappa shape index (κ3) is 7.89. The number of nitrogens with one attached hydrogen (secondary N) is 1. The average molecular weight is 379 g/mol. The van der Waals surface area contributed by atoms with Crippen LogP contribution in [0.15, 0.2) is 18.2 Å². The maximum atomic E-state index is 12.4. The highest BCUT2D eigenvalue weighted by Crippen LogP contribution is 2.31. The summed E-state index contributed by atoms with van der Waals surface area (Å²) in [5.74, 6) is -0.0354. The topological polar surface area (TPSA) is 90.6 Å². The molecule has 1 unspecified atom stereocenters. The van der Waals surface area contributed by atoms with Gasteiger partial charge in [-0.3, -0.25) is 4.79 Å². The molecule has 0 aliphatic carbocycles. The summed E-state index contributed by atoms with van der Waals surface area (Å²) in [5, 5.41) is 2.79. The van der Waals surface area contributed by atoms with E-state index in [1.165, 1.54) is 0 Å². The van der Waals surface area contributed by atoms with Gasteiger partial charge in [0.2, 0.25) is 0 Å². The number of amides is 1. The maximum Gasteiger partial charge on any atom is 0.407 e. The molecule has 3 N–H and O–H groups in total. The van der Waals surface area contributed by atoms with E-state index >= 15 is 0 Å². The van der Waals surface area contributed by atoms with E-state index in [1.807, 2.05) is 39.8 Å². The van der Waals surface area contributed by atoms with Crippen molar-refractivity contribution in [3.8, 4) is 0 Å². The summed E-state index contributed by atoms with van der Waals surface area (Å²) >= 11 is 0. The third-order valence-corrected chi connectivity index (χ3v) is 4.03. The molecule has 152 valence electrons. The smallest absolute Gasteiger partial charge is 0.407 e. The molecule has 1 atom stereocenters. The molecule has 1 rings (SSSR count). The fourth-order valence-corrected chi connectivity index (χ4v) is 2.83. The number of hydrogen-bond donors (Lipinski definition) is 2. The molecule has 0 saturated carbocycles. The summed E-state index contributed by atoms with van der Waals surface area (Å²) in [6, 6.07) is 5.56. The second-order valence-corrected chi connectivity index (χ2v) is 8.74. The van der Waals surface area contributed by atoms with Gasteiger partial charge in [0.25, 0.3) is 0 Å². The first-order chi connectivity index (χ1) is 12.3. The minimum Gasteiger partial charge on any atom is -0.465 e. The Balaban J connectivity index is 3.01. The molecule has 1 aromatic rings. The second kappa shape index (κ2) is 9.11. The van der Waals surface area contributed by atoms with E-state index < -0.39 is 17.1 Å². The Morgan fingerprint density at radius 3 is 2.33 bits per heavy atom. The van der Waals surface area contributed by atoms with E-state index in [0.29, 0.717) is 12.3 Å². The fourth-order valence-electron chi connectivity index (χ4n) is 2.83. The van der Waals surface area contributed by atoms with Crippen LogP contribution in [0.2, 0.25) is 0 Å². The normalized spacial score (nSPS) is 13.8. The van der Waals surface area contributed by atoms with Crippen molar-refractivity contribution in [3.63, 3.8) is 0 Å². The number of anilines is 1. The maximum absolute atomic E-state index is 12.4. The van der Waals surface area contributed by atoms with Crippen molar-refractivity contribution < 1.29 is 19.1 Å². The van der Waals surface area contributed by atoms with Gasteiger partial charge < -0.3 is 20.5 Å². The predicted octanol–water partition coefficient (Wildman–Crippen LogP) is 3.95. The minimum absolute atomic E-state index is 0.139. The number of nitrogens with two attached hydrogens (primary N) is 1. The van der Waals surface area contributed by atoms with Gasteiger partial charge in [0, 0.05) is 17.6 Å². The summed E-state index contributed by atoms with van der Waals surface area (Å²) in [6.45, 7) is 13.9. The molecule has 0 aromatic heterocycles. The molecule has 1 aromatic carbocycles. The van der Waals surface area contributed by atoms with Crippen LogP contribution in [0.3, 0.4) is 0 Å². The zero-order valence-electron chi connectivity index (χ0n) is 17.6. The Morgan fingerprint density at radius 2 is 1.81 bits per heavy atom. The van der Waals surface area contributed by atoms with Crippen molar-refractivity contribution in [1.29, 1.82) is 0 Å². The van der Waals surface area contributed by atoms with Gasteiger partial charge in [0.05, 0.1) is 13.0 Å². The van der Waals surface area contributed by atoms with E-state index in [0.717, 1.165) is 11.1 Å². The van der Waals surface area contributed by atoms with Gasteiger partial charge in [-0.25, -0.2) is 4.79 Å². The molecule has 0 saturated heterocycles. The molecule has 0 radical (unpaired) electrons. The summed E-state index contributed by atoms with van der Waals surface area (Å²) in [6.07, 6.45) is -0.377. The summed E-state index contributed by atoms with van der Waals surface area (Å²) in [7, 11) is 0. The zero-order valence-corrected chi connectivity index (χ0v) is 17.6. The van der Waals surface area contributed by atoms with Gasteiger partial charge in [-0.1, -0.05) is 26.8 Å². The Labute approximate surface area is 162 Å². The van der Waals surface area contributed by atoms with Crippen molar-refractivity contribution in [1.82, 2.24) is 5.32 Å². The zero-order chi connectivity index (χ0) is 20.8. The van der Waals surface area contributed by atoms with Crippen LogP contribution in [0.5, 0.6) is 0 Å². The summed E-state index contributed by atoms with van der Waals surface area (Å²) in [4.78, 5) is 24.5. The molecule has 1 amide bonds. The summed E-state index contributed by atoms with van der Waals surface area (Å²) in [5.41, 5.74) is 7.18. The number of carbonyl (C=O) groups excluding carboxylic acids is 2. The Kier molecular flexibility index (Phi) is 7.69. The summed E-state index contributed by atoms with van der Waals surface area (Å²) < 4.78 is 10.7. The molecule has 0 spiro atoms. The van der Waals surface area contributed by atoms with Crippen molar-refractivity contribution in [2.45, 2.75) is 65.9 Å². The molecule has 6 heteroatoms. The molecule has 0 bridgehead atoms. The highest BCUT2D eigenvalue weighted by molar-refractivity contribution is 5.72. The number of rotatable bonds is 7. The average Bonchev–Trinajstić information content (AvgIpc) is 2.49. The van der Waals surface area contributed by atoms with Crippen LogP contribution in [-0.2, 0) is 19.7 Å². The van der Waals surface area contributed by atoms with Crippen molar-refractivity contribution in [2.75, 3.05) is 18.9 Å². The number of hydrogen-bond acceptors (Lipinski definition) is 5. The predicted molar refractivity (Wildman–Crippen MR) is 108 cm³/mol. The molecule has 6 nitrogen and oxygen atoms in total. The Bertz CT molecular complexity index is 665. The number of nitrogen functional groups attached to an aromatic ring is 1. The first kappa shape index (κ1) is 22.8. The van der Waals surface area contributed by atoms with Gasteiger partial charge in [-0.2, -0.15) is 0 Å². The molecular weight excluding hydrogens is 344 g/mol. The molecule has 0 aliphatic rings. The minimum atomic E-state index is -0.650. The van der Waals surface area contributed by atoms with Crippen LogP contribution in [0.1, 0.15) is 59.1 Å². The van der Waals surface area contributed by atoms with Gasteiger partial charge in [-0.05, 0) is 56.9 Å². The highest BCUT2D eigenvalue weighted by atomic mass is 16.6. The lowest BCUT2D eigenvalue weighted by atomic mass is 9.77. The molecule has 27 heavy (non-hydrogen) atoms. The fraction of sp³-hybridized carbons (Fsp3) is 0.619. The number of benzene rings is 1. The number of esters is 1. The monoisotopic (exact) mass is 378 g/mol. The van der Waals surface area contributed by atoms with Gasteiger partial charge in [-0.15, -0.1) is 0 Å². The number of ether oxygens (including phenoxy) is 2. The SMILES string of the molecule is Cc1cc(N)ccc1C(C)(CNC(=O)OC(C)(C)C)CC(=O)OCC(C)C.